The van der Waals surface area contributed by atoms with Gasteiger partial charge in [-0.1, -0.05) is 0 Å². The molecule has 0 bridgehead atoms. The van der Waals surface area contributed by atoms with Crippen molar-refractivity contribution >= 4 is 17.6 Å². The number of likely N-dealkylation sites (tertiary alicyclic amines) is 1. The SMILES string of the molecule is CCNC(=O)NC1CCN(CCCCl)CC1. The van der Waals surface area contributed by atoms with Crippen molar-refractivity contribution in [1.29, 1.82) is 0 Å². The Morgan fingerprint density at radius 1 is 1.44 bits per heavy atom. The number of hydrogen-bond acceptors (Lipinski definition) is 2. The summed E-state index contributed by atoms with van der Waals surface area (Å²) in [5.74, 6) is 0.733. The maximum Gasteiger partial charge on any atom is 0.314 e. The molecule has 1 saturated heterocycles. The van der Waals surface area contributed by atoms with Crippen LogP contribution in [0.4, 0.5) is 4.79 Å². The van der Waals surface area contributed by atoms with Crippen LogP contribution >= 0.6 is 11.6 Å². The summed E-state index contributed by atoms with van der Waals surface area (Å²) in [6, 6.07) is 0.292. The van der Waals surface area contributed by atoms with Gasteiger partial charge in [-0.25, -0.2) is 4.79 Å². The standard InChI is InChI=1S/C11H22ClN3O/c1-2-13-11(16)14-10-4-8-15(9-5-10)7-3-6-12/h10H,2-9H2,1H3,(H2,13,14,16). The van der Waals surface area contributed by atoms with Gasteiger partial charge in [-0.3, -0.25) is 0 Å². The molecule has 1 fully saturated rings. The third kappa shape index (κ3) is 5.03. The van der Waals surface area contributed by atoms with Gasteiger partial charge >= 0.3 is 6.03 Å². The Hall–Kier alpha value is -0.480. The Bertz CT molecular complexity index is 205. The van der Waals surface area contributed by atoms with E-state index in [1.54, 1.807) is 0 Å². The largest absolute Gasteiger partial charge is 0.338 e. The number of carbonyl (C=O) groups excluding carboxylic acids is 1. The second-order valence-corrected chi connectivity index (χ2v) is 4.54. The van der Waals surface area contributed by atoms with Crippen molar-refractivity contribution in [2.45, 2.75) is 32.2 Å². The molecule has 0 atom stereocenters. The Balaban J connectivity index is 2.14. The van der Waals surface area contributed by atoms with Crippen LogP contribution < -0.4 is 10.6 Å². The van der Waals surface area contributed by atoms with Gasteiger partial charge in [0.25, 0.3) is 0 Å². The second-order valence-electron chi connectivity index (χ2n) is 4.16. The van der Waals surface area contributed by atoms with Gasteiger partial charge in [0.1, 0.15) is 0 Å². The van der Waals surface area contributed by atoms with Gasteiger partial charge in [0.15, 0.2) is 0 Å². The van der Waals surface area contributed by atoms with Crippen LogP contribution in [0.25, 0.3) is 0 Å². The van der Waals surface area contributed by atoms with E-state index in [1.807, 2.05) is 6.92 Å². The van der Waals surface area contributed by atoms with E-state index in [9.17, 15) is 4.79 Å². The molecule has 0 aliphatic carbocycles. The minimum absolute atomic E-state index is 0.0401. The van der Waals surface area contributed by atoms with Gasteiger partial charge < -0.3 is 15.5 Å². The first-order valence-electron chi connectivity index (χ1n) is 6.09. The third-order valence-corrected chi connectivity index (χ3v) is 3.14. The first-order valence-corrected chi connectivity index (χ1v) is 6.62. The van der Waals surface area contributed by atoms with E-state index < -0.39 is 0 Å². The molecule has 2 amide bonds. The van der Waals surface area contributed by atoms with Gasteiger partial charge in [-0.2, -0.15) is 0 Å². The van der Waals surface area contributed by atoms with Crippen molar-refractivity contribution in [2.24, 2.45) is 0 Å². The van der Waals surface area contributed by atoms with E-state index in [4.69, 9.17) is 11.6 Å². The summed E-state index contributed by atoms with van der Waals surface area (Å²) in [6.45, 7) is 5.81. The lowest BCUT2D eigenvalue weighted by molar-refractivity contribution is 0.193. The highest BCUT2D eigenvalue weighted by Crippen LogP contribution is 2.10. The van der Waals surface area contributed by atoms with Crippen LogP contribution in [0.3, 0.4) is 0 Å². The molecule has 0 saturated carbocycles. The van der Waals surface area contributed by atoms with E-state index in [1.165, 1.54) is 0 Å². The van der Waals surface area contributed by atoms with Crippen molar-refractivity contribution in [2.75, 3.05) is 32.1 Å². The first kappa shape index (κ1) is 13.6. The van der Waals surface area contributed by atoms with Crippen molar-refractivity contribution in [3.63, 3.8) is 0 Å². The molecule has 1 heterocycles. The molecule has 4 nitrogen and oxygen atoms in total. The normalized spacial score (nSPS) is 18.4. The summed E-state index contributed by atoms with van der Waals surface area (Å²) in [4.78, 5) is 13.7. The second kappa shape index (κ2) is 7.74. The molecule has 0 unspecified atom stereocenters. The average Bonchev–Trinajstić information content (AvgIpc) is 2.28. The van der Waals surface area contributed by atoms with Crippen LogP contribution in [-0.4, -0.2) is 49.0 Å². The van der Waals surface area contributed by atoms with Crippen LogP contribution in [0.15, 0.2) is 0 Å². The van der Waals surface area contributed by atoms with Gasteiger partial charge in [-0.05, 0) is 32.7 Å². The lowest BCUT2D eigenvalue weighted by Crippen LogP contribution is -2.48. The number of amides is 2. The summed E-state index contributed by atoms with van der Waals surface area (Å²) in [7, 11) is 0. The summed E-state index contributed by atoms with van der Waals surface area (Å²) >= 11 is 5.66. The molecule has 1 aliphatic rings. The third-order valence-electron chi connectivity index (χ3n) is 2.87. The lowest BCUT2D eigenvalue weighted by atomic mass is 10.1. The van der Waals surface area contributed by atoms with Crippen LogP contribution in [0.5, 0.6) is 0 Å². The predicted octanol–water partition coefficient (Wildman–Crippen LogP) is 1.40. The zero-order valence-corrected chi connectivity index (χ0v) is 10.7. The topological polar surface area (TPSA) is 44.4 Å². The molecule has 0 aromatic carbocycles. The first-order chi connectivity index (χ1) is 7.76. The van der Waals surface area contributed by atoms with Gasteiger partial charge in [0.05, 0.1) is 0 Å². The number of nitrogens with zero attached hydrogens (tertiary/aromatic N) is 1. The van der Waals surface area contributed by atoms with Gasteiger partial charge in [0.2, 0.25) is 0 Å². The van der Waals surface area contributed by atoms with E-state index in [2.05, 4.69) is 15.5 Å². The number of hydrogen-bond donors (Lipinski definition) is 2. The number of alkyl halides is 1. The van der Waals surface area contributed by atoms with Crippen LogP contribution in [0.1, 0.15) is 26.2 Å². The van der Waals surface area contributed by atoms with Crippen molar-refractivity contribution in [1.82, 2.24) is 15.5 Å². The molecule has 1 aliphatic heterocycles. The monoisotopic (exact) mass is 247 g/mol. The number of halogens is 1. The molecular formula is C11H22ClN3O. The summed E-state index contributed by atoms with van der Waals surface area (Å²) in [5.41, 5.74) is 0. The summed E-state index contributed by atoms with van der Waals surface area (Å²) < 4.78 is 0. The van der Waals surface area contributed by atoms with Gasteiger partial charge in [-0.15, -0.1) is 11.6 Å². The number of rotatable bonds is 5. The highest BCUT2D eigenvalue weighted by molar-refractivity contribution is 6.17. The predicted molar refractivity (Wildman–Crippen MR) is 67.0 cm³/mol. The van der Waals surface area contributed by atoms with Gasteiger partial charge in [0, 0.05) is 31.6 Å². The van der Waals surface area contributed by atoms with E-state index in [0.29, 0.717) is 12.6 Å². The minimum Gasteiger partial charge on any atom is -0.338 e. The van der Waals surface area contributed by atoms with E-state index >= 15 is 0 Å². The molecule has 5 heteroatoms. The smallest absolute Gasteiger partial charge is 0.314 e. The summed E-state index contributed by atoms with van der Waals surface area (Å²) in [6.07, 6.45) is 3.13. The minimum atomic E-state index is -0.0401. The maximum absolute atomic E-state index is 11.3. The fourth-order valence-electron chi connectivity index (χ4n) is 1.98. The Kier molecular flexibility index (Phi) is 6.57. The highest BCUT2D eigenvalue weighted by atomic mass is 35.5. The highest BCUT2D eigenvalue weighted by Gasteiger charge is 2.19. The van der Waals surface area contributed by atoms with E-state index in [-0.39, 0.29) is 6.03 Å². The Morgan fingerprint density at radius 2 is 2.12 bits per heavy atom. The van der Waals surface area contributed by atoms with Crippen molar-refractivity contribution in [3.8, 4) is 0 Å². The van der Waals surface area contributed by atoms with Crippen molar-refractivity contribution < 1.29 is 4.79 Å². The van der Waals surface area contributed by atoms with Crippen molar-refractivity contribution in [3.05, 3.63) is 0 Å². The molecule has 1 rings (SSSR count). The number of piperidine rings is 1. The van der Waals surface area contributed by atoms with Crippen LogP contribution in [0.2, 0.25) is 0 Å². The maximum atomic E-state index is 11.3. The molecule has 0 spiro atoms. The fourth-order valence-corrected chi connectivity index (χ4v) is 2.10. The van der Waals surface area contributed by atoms with E-state index in [0.717, 1.165) is 44.8 Å². The van der Waals surface area contributed by atoms with Crippen LogP contribution in [-0.2, 0) is 0 Å². The zero-order valence-electron chi connectivity index (χ0n) is 9.97. The summed E-state index contributed by atoms with van der Waals surface area (Å²) in [5, 5.41) is 5.75. The Morgan fingerprint density at radius 3 is 2.69 bits per heavy atom. The molecule has 94 valence electrons. The molecule has 0 aromatic rings. The quantitative estimate of drug-likeness (QED) is 0.722. The average molecular weight is 248 g/mol. The number of urea groups is 1. The Labute approximate surface area is 103 Å². The fraction of sp³-hybridized carbons (Fsp3) is 0.909. The van der Waals surface area contributed by atoms with Crippen LogP contribution in [0, 0.1) is 0 Å². The number of carbonyl (C=O) groups is 1. The molecule has 0 radical (unpaired) electrons. The molecule has 16 heavy (non-hydrogen) atoms. The lowest BCUT2D eigenvalue weighted by Gasteiger charge is -2.32. The molecule has 2 N–H and O–H groups in total. The molecule has 0 aromatic heterocycles. The number of nitrogens with one attached hydrogen (secondary N) is 2. The zero-order chi connectivity index (χ0) is 11.8. The molecular weight excluding hydrogens is 226 g/mol.